The number of aromatic nitrogens is 2. The van der Waals surface area contributed by atoms with Crippen molar-refractivity contribution in [1.29, 1.82) is 0 Å². The maximum atomic E-state index is 13.1. The molecule has 3 fully saturated rings. The molecule has 0 N–H and O–H groups in total. The first-order valence-corrected chi connectivity index (χ1v) is 12.9. The zero-order valence-electron chi connectivity index (χ0n) is 19.2. The van der Waals surface area contributed by atoms with Gasteiger partial charge in [0.2, 0.25) is 5.13 Å². The van der Waals surface area contributed by atoms with Crippen molar-refractivity contribution in [3.8, 4) is 0 Å². The van der Waals surface area contributed by atoms with Gasteiger partial charge in [-0.25, -0.2) is 0 Å². The fourth-order valence-corrected chi connectivity index (χ4v) is 6.09. The van der Waals surface area contributed by atoms with E-state index < -0.39 is 4.92 Å². The highest BCUT2D eigenvalue weighted by Gasteiger charge is 2.28. The SMILES string of the molecule is O=C(c1ccc(N2CCOCC2)c([N+](=O)[O-])c1)N1CCN(c2nnc(C3CCCCC3)s2)CC1. The highest BCUT2D eigenvalue weighted by atomic mass is 32.1. The molecule has 1 saturated carbocycles. The third kappa shape index (κ3) is 4.85. The molecule has 34 heavy (non-hydrogen) atoms. The molecule has 10 nitrogen and oxygen atoms in total. The van der Waals surface area contributed by atoms with E-state index in [9.17, 15) is 14.9 Å². The number of anilines is 2. The van der Waals surface area contributed by atoms with Crippen molar-refractivity contribution >= 4 is 33.8 Å². The van der Waals surface area contributed by atoms with Crippen molar-refractivity contribution in [2.45, 2.75) is 38.0 Å². The lowest BCUT2D eigenvalue weighted by molar-refractivity contribution is -0.384. The number of nitrogens with zero attached hydrogens (tertiary/aromatic N) is 6. The number of rotatable bonds is 5. The molecule has 1 amide bonds. The molecule has 5 rings (SSSR count). The minimum Gasteiger partial charge on any atom is -0.378 e. The molecule has 2 saturated heterocycles. The average molecular weight is 487 g/mol. The first-order valence-electron chi connectivity index (χ1n) is 12.1. The third-order valence-electron chi connectivity index (χ3n) is 6.99. The van der Waals surface area contributed by atoms with Gasteiger partial charge in [-0.05, 0) is 25.0 Å². The number of ether oxygens (including phenoxy) is 1. The third-order valence-corrected chi connectivity index (χ3v) is 8.14. The van der Waals surface area contributed by atoms with Gasteiger partial charge in [0.1, 0.15) is 10.7 Å². The van der Waals surface area contributed by atoms with Crippen LogP contribution in [0.1, 0.15) is 53.4 Å². The second kappa shape index (κ2) is 10.2. The van der Waals surface area contributed by atoms with Crippen LogP contribution in [0, 0.1) is 10.1 Å². The number of piperazine rings is 1. The summed E-state index contributed by atoms with van der Waals surface area (Å²) in [6.07, 6.45) is 6.26. The van der Waals surface area contributed by atoms with E-state index in [1.807, 2.05) is 4.90 Å². The summed E-state index contributed by atoms with van der Waals surface area (Å²) < 4.78 is 5.35. The molecule has 1 aromatic carbocycles. The lowest BCUT2D eigenvalue weighted by Crippen LogP contribution is -2.48. The Morgan fingerprint density at radius 1 is 1.00 bits per heavy atom. The first-order chi connectivity index (χ1) is 16.6. The number of carbonyl (C=O) groups excluding carboxylic acids is 1. The van der Waals surface area contributed by atoms with E-state index in [4.69, 9.17) is 4.74 Å². The van der Waals surface area contributed by atoms with Crippen molar-refractivity contribution in [3.05, 3.63) is 38.9 Å². The van der Waals surface area contributed by atoms with Crippen molar-refractivity contribution in [2.75, 3.05) is 62.3 Å². The van der Waals surface area contributed by atoms with Crippen LogP contribution in [-0.4, -0.2) is 78.4 Å². The molecule has 2 aromatic rings. The summed E-state index contributed by atoms with van der Waals surface area (Å²) >= 11 is 1.68. The predicted molar refractivity (Wildman–Crippen MR) is 130 cm³/mol. The Bertz CT molecular complexity index is 1030. The molecular formula is C23H30N6O4S. The molecule has 182 valence electrons. The van der Waals surface area contributed by atoms with Gasteiger partial charge in [0.25, 0.3) is 11.6 Å². The molecule has 3 aliphatic rings. The molecule has 0 spiro atoms. The molecule has 1 aliphatic carbocycles. The van der Waals surface area contributed by atoms with Crippen molar-refractivity contribution in [1.82, 2.24) is 15.1 Å². The summed E-state index contributed by atoms with van der Waals surface area (Å²) in [5.41, 5.74) is 0.864. The monoisotopic (exact) mass is 486 g/mol. The van der Waals surface area contributed by atoms with Crippen LogP contribution >= 0.6 is 11.3 Å². The number of carbonyl (C=O) groups is 1. The number of nitro benzene ring substituents is 1. The van der Waals surface area contributed by atoms with Crippen LogP contribution in [0.15, 0.2) is 18.2 Å². The number of hydrogen-bond acceptors (Lipinski definition) is 9. The minimum atomic E-state index is -0.404. The molecule has 2 aliphatic heterocycles. The number of amides is 1. The van der Waals surface area contributed by atoms with E-state index in [1.165, 1.54) is 38.2 Å². The number of nitro groups is 1. The molecule has 1 aromatic heterocycles. The van der Waals surface area contributed by atoms with Gasteiger partial charge in [0, 0.05) is 56.8 Å². The predicted octanol–water partition coefficient (Wildman–Crippen LogP) is 3.29. The highest BCUT2D eigenvalue weighted by Crippen LogP contribution is 2.36. The van der Waals surface area contributed by atoms with E-state index in [0.29, 0.717) is 69.7 Å². The Balaban J connectivity index is 1.23. The molecule has 0 unspecified atom stereocenters. The minimum absolute atomic E-state index is 0.0320. The van der Waals surface area contributed by atoms with Gasteiger partial charge in [-0.15, -0.1) is 10.2 Å². The summed E-state index contributed by atoms with van der Waals surface area (Å²) in [6.45, 7) is 4.75. The standard InChI is InChI=1S/C23H30N6O4S/c30-22(18-6-7-19(20(16-18)29(31)32)26-12-14-33-15-13-26)27-8-10-28(11-9-27)23-25-24-21(34-23)17-4-2-1-3-5-17/h6-7,16-17H,1-5,8-15H2. The zero-order valence-corrected chi connectivity index (χ0v) is 20.0. The van der Waals surface area contributed by atoms with E-state index in [-0.39, 0.29) is 11.6 Å². The van der Waals surface area contributed by atoms with Gasteiger partial charge >= 0.3 is 0 Å². The van der Waals surface area contributed by atoms with Crippen LogP contribution in [0.5, 0.6) is 0 Å². The molecular weight excluding hydrogens is 456 g/mol. The number of hydrogen-bond donors (Lipinski definition) is 0. The Morgan fingerprint density at radius 2 is 1.74 bits per heavy atom. The van der Waals surface area contributed by atoms with Crippen LogP contribution in [0.25, 0.3) is 0 Å². The smallest absolute Gasteiger partial charge is 0.293 e. The molecule has 3 heterocycles. The van der Waals surface area contributed by atoms with E-state index in [0.717, 1.165) is 10.1 Å². The van der Waals surface area contributed by atoms with Crippen molar-refractivity contribution in [3.63, 3.8) is 0 Å². The zero-order chi connectivity index (χ0) is 23.5. The molecule has 0 bridgehead atoms. The first kappa shape index (κ1) is 23.0. The van der Waals surface area contributed by atoms with Crippen LogP contribution in [0.4, 0.5) is 16.5 Å². The fraction of sp³-hybridized carbons (Fsp3) is 0.609. The normalized spacial score (nSPS) is 19.9. The maximum Gasteiger partial charge on any atom is 0.293 e. The Labute approximate surface area is 202 Å². The van der Waals surface area contributed by atoms with Gasteiger partial charge < -0.3 is 19.4 Å². The Kier molecular flexibility index (Phi) is 6.91. The van der Waals surface area contributed by atoms with Gasteiger partial charge in [-0.2, -0.15) is 0 Å². The number of benzene rings is 1. The van der Waals surface area contributed by atoms with E-state index >= 15 is 0 Å². The quantitative estimate of drug-likeness (QED) is 0.468. The highest BCUT2D eigenvalue weighted by molar-refractivity contribution is 7.15. The summed E-state index contributed by atoms with van der Waals surface area (Å²) in [4.78, 5) is 30.4. The fourth-order valence-electron chi connectivity index (χ4n) is 5.03. The average Bonchev–Trinajstić information content (AvgIpc) is 3.39. The molecule has 11 heteroatoms. The van der Waals surface area contributed by atoms with Crippen LogP contribution < -0.4 is 9.80 Å². The van der Waals surface area contributed by atoms with Gasteiger partial charge in [0.05, 0.1) is 18.1 Å². The topological polar surface area (TPSA) is 105 Å². The molecule has 0 radical (unpaired) electrons. The van der Waals surface area contributed by atoms with Gasteiger partial charge in [-0.1, -0.05) is 30.6 Å². The Hall–Kier alpha value is -2.79. The van der Waals surface area contributed by atoms with Crippen molar-refractivity contribution in [2.24, 2.45) is 0 Å². The van der Waals surface area contributed by atoms with E-state index in [1.54, 1.807) is 28.4 Å². The lowest BCUT2D eigenvalue weighted by atomic mass is 9.90. The summed E-state index contributed by atoms with van der Waals surface area (Å²) in [6, 6.07) is 4.81. The Morgan fingerprint density at radius 3 is 2.44 bits per heavy atom. The number of morpholine rings is 1. The summed E-state index contributed by atoms with van der Waals surface area (Å²) in [5.74, 6) is 0.371. The van der Waals surface area contributed by atoms with Crippen LogP contribution in [0.3, 0.4) is 0 Å². The van der Waals surface area contributed by atoms with Crippen LogP contribution in [0.2, 0.25) is 0 Å². The summed E-state index contributed by atoms with van der Waals surface area (Å²) in [7, 11) is 0. The van der Waals surface area contributed by atoms with E-state index in [2.05, 4.69) is 15.1 Å². The lowest BCUT2D eigenvalue weighted by Gasteiger charge is -2.34. The van der Waals surface area contributed by atoms with Gasteiger partial charge in [-0.3, -0.25) is 14.9 Å². The van der Waals surface area contributed by atoms with Crippen LogP contribution in [-0.2, 0) is 4.74 Å². The summed E-state index contributed by atoms with van der Waals surface area (Å²) in [5, 5.41) is 22.7. The molecule has 0 atom stereocenters. The van der Waals surface area contributed by atoms with Crippen molar-refractivity contribution < 1.29 is 14.5 Å². The van der Waals surface area contributed by atoms with Gasteiger partial charge in [0.15, 0.2) is 0 Å². The largest absolute Gasteiger partial charge is 0.378 e. The maximum absolute atomic E-state index is 13.1. The second-order valence-electron chi connectivity index (χ2n) is 9.10. The second-order valence-corrected chi connectivity index (χ2v) is 10.1.